The molecule has 8 nitrogen and oxygen atoms in total. The second-order valence-electron chi connectivity index (χ2n) is 8.97. The number of nitrogens with one attached hydrogen (secondary N) is 1. The molecule has 2 aliphatic heterocycles. The Bertz CT molecular complexity index is 1140. The first-order valence-electron chi connectivity index (χ1n) is 12.0. The van der Waals surface area contributed by atoms with E-state index in [1.807, 2.05) is 25.1 Å². The SMILES string of the molecule is Cc1cc(OCCN2CCCCC2)ccc1N=C1SC(=Cc2cncs2)C(=O)N1C(=O)NC1CC1. The van der Waals surface area contributed by atoms with Crippen LogP contribution in [0.5, 0.6) is 5.75 Å². The monoisotopic (exact) mass is 511 g/mol. The summed E-state index contributed by atoms with van der Waals surface area (Å²) in [6.07, 6.45) is 9.20. The van der Waals surface area contributed by atoms with Crippen LogP contribution in [0.2, 0.25) is 0 Å². The van der Waals surface area contributed by atoms with Crippen molar-refractivity contribution in [2.75, 3.05) is 26.2 Å². The van der Waals surface area contributed by atoms with Crippen LogP contribution in [0.15, 0.2) is 39.8 Å². The summed E-state index contributed by atoms with van der Waals surface area (Å²) >= 11 is 2.64. The van der Waals surface area contributed by atoms with Crippen molar-refractivity contribution in [1.82, 2.24) is 20.1 Å². The molecule has 1 aliphatic carbocycles. The number of amides is 3. The maximum absolute atomic E-state index is 13.1. The van der Waals surface area contributed by atoms with Crippen LogP contribution in [0, 0.1) is 6.92 Å². The lowest BCUT2D eigenvalue weighted by Crippen LogP contribution is -2.43. The number of carbonyl (C=O) groups is 2. The number of carbonyl (C=O) groups excluding carboxylic acids is 2. The Morgan fingerprint density at radius 2 is 2.11 bits per heavy atom. The Hall–Kier alpha value is -2.69. The van der Waals surface area contributed by atoms with Crippen molar-refractivity contribution >= 4 is 52.0 Å². The average molecular weight is 512 g/mol. The summed E-state index contributed by atoms with van der Waals surface area (Å²) in [5, 5.41) is 3.26. The van der Waals surface area contributed by atoms with Gasteiger partial charge >= 0.3 is 6.03 Å². The highest BCUT2D eigenvalue weighted by Gasteiger charge is 2.40. The van der Waals surface area contributed by atoms with Crippen LogP contribution in [-0.4, -0.2) is 64.2 Å². The lowest BCUT2D eigenvalue weighted by atomic mass is 10.1. The zero-order chi connectivity index (χ0) is 24.2. The maximum atomic E-state index is 13.1. The minimum Gasteiger partial charge on any atom is -0.492 e. The molecule has 1 aromatic heterocycles. The minimum absolute atomic E-state index is 0.138. The number of imide groups is 1. The fraction of sp³-hybridized carbons (Fsp3) is 0.440. The fourth-order valence-corrected chi connectivity index (χ4v) is 5.63. The Labute approximate surface area is 213 Å². The van der Waals surface area contributed by atoms with Crippen LogP contribution in [0.1, 0.15) is 42.5 Å². The standard InChI is InChI=1S/C25H29N5O3S2/c1-17-13-19(33-12-11-29-9-3-2-4-10-29)7-8-21(17)28-25-30(24(32)27-18-5-6-18)23(31)22(35-25)14-20-15-26-16-34-20/h7-8,13-16,18H,2-6,9-12H2,1H3,(H,27,32). The van der Waals surface area contributed by atoms with Crippen LogP contribution in [0.3, 0.4) is 0 Å². The number of thioether (sulfide) groups is 1. The van der Waals surface area contributed by atoms with Crippen molar-refractivity contribution in [2.24, 2.45) is 4.99 Å². The van der Waals surface area contributed by atoms with E-state index in [0.717, 1.165) is 53.6 Å². The predicted molar refractivity (Wildman–Crippen MR) is 140 cm³/mol. The molecule has 5 rings (SSSR count). The number of nitrogens with zero attached hydrogens (tertiary/aromatic N) is 4. The van der Waals surface area contributed by atoms with Crippen molar-refractivity contribution < 1.29 is 14.3 Å². The molecule has 3 heterocycles. The van der Waals surface area contributed by atoms with E-state index >= 15 is 0 Å². The number of aryl methyl sites for hydroxylation is 1. The molecule has 10 heteroatoms. The molecule has 3 aliphatic rings. The highest BCUT2D eigenvalue weighted by Crippen LogP contribution is 2.36. The van der Waals surface area contributed by atoms with Gasteiger partial charge in [0.05, 0.1) is 16.1 Å². The molecule has 184 valence electrons. The van der Waals surface area contributed by atoms with Crippen molar-refractivity contribution in [3.05, 3.63) is 45.3 Å². The number of thiazole rings is 1. The van der Waals surface area contributed by atoms with E-state index in [4.69, 9.17) is 9.73 Å². The number of aromatic nitrogens is 1. The number of piperidine rings is 1. The van der Waals surface area contributed by atoms with Gasteiger partial charge in [-0.2, -0.15) is 0 Å². The summed E-state index contributed by atoms with van der Waals surface area (Å²) in [6.45, 7) is 5.85. The van der Waals surface area contributed by atoms with Gasteiger partial charge in [0.1, 0.15) is 12.4 Å². The molecular weight excluding hydrogens is 482 g/mol. The lowest BCUT2D eigenvalue weighted by Gasteiger charge is -2.26. The predicted octanol–water partition coefficient (Wildman–Crippen LogP) is 4.79. The summed E-state index contributed by atoms with van der Waals surface area (Å²) in [7, 11) is 0. The third-order valence-corrected chi connectivity index (χ3v) is 7.84. The average Bonchev–Trinajstić information content (AvgIpc) is 3.40. The zero-order valence-electron chi connectivity index (χ0n) is 19.7. The first kappa shape index (κ1) is 24.0. The van der Waals surface area contributed by atoms with E-state index in [-0.39, 0.29) is 11.9 Å². The van der Waals surface area contributed by atoms with E-state index in [0.29, 0.717) is 22.4 Å². The smallest absolute Gasteiger partial charge is 0.330 e. The minimum atomic E-state index is -0.424. The maximum Gasteiger partial charge on any atom is 0.330 e. The Balaban J connectivity index is 1.31. The van der Waals surface area contributed by atoms with Crippen LogP contribution in [-0.2, 0) is 4.79 Å². The summed E-state index contributed by atoms with van der Waals surface area (Å²) in [5.74, 6) is 0.434. The molecule has 2 saturated heterocycles. The van der Waals surface area contributed by atoms with Gasteiger partial charge in [0, 0.05) is 23.7 Å². The number of hydrogen-bond donors (Lipinski definition) is 1. The summed E-state index contributed by atoms with van der Waals surface area (Å²) in [5.41, 5.74) is 3.33. The van der Waals surface area contributed by atoms with Crippen LogP contribution in [0.4, 0.5) is 10.5 Å². The number of aliphatic imine (C=N–C) groups is 1. The zero-order valence-corrected chi connectivity index (χ0v) is 21.4. The van der Waals surface area contributed by atoms with Gasteiger partial charge in [0.2, 0.25) is 0 Å². The molecule has 0 unspecified atom stereocenters. The number of benzene rings is 1. The van der Waals surface area contributed by atoms with E-state index in [1.165, 1.54) is 42.4 Å². The Morgan fingerprint density at radius 3 is 2.83 bits per heavy atom. The van der Waals surface area contributed by atoms with Gasteiger partial charge in [0.25, 0.3) is 5.91 Å². The van der Waals surface area contributed by atoms with Crippen LogP contribution >= 0.6 is 23.1 Å². The van der Waals surface area contributed by atoms with E-state index in [2.05, 4.69) is 15.2 Å². The Kier molecular flexibility index (Phi) is 7.50. The third-order valence-electron chi connectivity index (χ3n) is 6.15. The van der Waals surface area contributed by atoms with Gasteiger partial charge < -0.3 is 10.1 Å². The van der Waals surface area contributed by atoms with E-state index in [9.17, 15) is 9.59 Å². The Morgan fingerprint density at radius 1 is 1.29 bits per heavy atom. The van der Waals surface area contributed by atoms with Gasteiger partial charge in [-0.15, -0.1) is 11.3 Å². The van der Waals surface area contributed by atoms with Crippen LogP contribution < -0.4 is 10.1 Å². The van der Waals surface area contributed by atoms with Crippen molar-refractivity contribution in [2.45, 2.75) is 45.1 Å². The highest BCUT2D eigenvalue weighted by atomic mass is 32.2. The van der Waals surface area contributed by atoms with Gasteiger partial charge in [0.15, 0.2) is 5.17 Å². The molecule has 0 atom stereocenters. The molecule has 0 radical (unpaired) electrons. The number of rotatable bonds is 7. The summed E-state index contributed by atoms with van der Waals surface area (Å²) in [4.78, 5) is 39.7. The molecular formula is C25H29N5O3S2. The first-order chi connectivity index (χ1) is 17.1. The molecule has 3 fully saturated rings. The summed E-state index contributed by atoms with van der Waals surface area (Å²) < 4.78 is 5.98. The number of ether oxygens (including phenoxy) is 1. The molecule has 0 spiro atoms. The topological polar surface area (TPSA) is 87.1 Å². The number of urea groups is 1. The number of likely N-dealkylation sites (tertiary alicyclic amines) is 1. The molecule has 2 aromatic rings. The van der Waals surface area contributed by atoms with Gasteiger partial charge in [-0.25, -0.2) is 14.7 Å². The van der Waals surface area contributed by atoms with Gasteiger partial charge in [-0.1, -0.05) is 6.42 Å². The molecule has 1 aromatic carbocycles. The number of amidine groups is 1. The molecule has 35 heavy (non-hydrogen) atoms. The van der Waals surface area contributed by atoms with E-state index < -0.39 is 6.03 Å². The highest BCUT2D eigenvalue weighted by molar-refractivity contribution is 8.18. The molecule has 1 saturated carbocycles. The van der Waals surface area contributed by atoms with Crippen LogP contribution in [0.25, 0.3) is 6.08 Å². The summed E-state index contributed by atoms with van der Waals surface area (Å²) in [6, 6.07) is 5.45. The normalized spacial score (nSPS) is 21.2. The van der Waals surface area contributed by atoms with Crippen molar-refractivity contribution in [3.63, 3.8) is 0 Å². The van der Waals surface area contributed by atoms with Crippen molar-refractivity contribution in [3.8, 4) is 5.75 Å². The molecule has 1 N–H and O–H groups in total. The van der Waals surface area contributed by atoms with Gasteiger partial charge in [-0.3, -0.25) is 14.7 Å². The molecule has 0 bridgehead atoms. The van der Waals surface area contributed by atoms with Gasteiger partial charge in [-0.05, 0) is 87.3 Å². The number of hydrogen-bond acceptors (Lipinski definition) is 8. The first-order valence-corrected chi connectivity index (χ1v) is 13.7. The second-order valence-corrected chi connectivity index (χ2v) is 10.9. The second kappa shape index (κ2) is 10.9. The lowest BCUT2D eigenvalue weighted by molar-refractivity contribution is -0.120. The van der Waals surface area contributed by atoms with Crippen molar-refractivity contribution in [1.29, 1.82) is 0 Å². The fourth-order valence-electron chi connectivity index (χ4n) is 4.04. The largest absolute Gasteiger partial charge is 0.492 e. The van der Waals surface area contributed by atoms with E-state index in [1.54, 1.807) is 17.8 Å². The quantitative estimate of drug-likeness (QED) is 0.538. The third kappa shape index (κ3) is 6.12. The molecule has 3 amide bonds.